The lowest BCUT2D eigenvalue weighted by atomic mass is 10.1. The van der Waals surface area contributed by atoms with Gasteiger partial charge in [-0.3, -0.25) is 14.8 Å². The second-order valence-corrected chi connectivity index (χ2v) is 3.36. The molecule has 5 heteroatoms. The van der Waals surface area contributed by atoms with Crippen LogP contribution in [0, 0.1) is 16.0 Å². The minimum atomic E-state index is -0.350. The van der Waals surface area contributed by atoms with Crippen LogP contribution in [0.15, 0.2) is 18.0 Å². The van der Waals surface area contributed by atoms with E-state index in [0.717, 1.165) is 5.69 Å². The van der Waals surface area contributed by atoms with Crippen molar-refractivity contribution in [1.29, 1.82) is 0 Å². The molecular weight excluding hydrogens is 182 g/mol. The molecular formula is C9H13N3O2. The number of hydrogen-bond acceptors (Lipinski definition) is 3. The van der Waals surface area contributed by atoms with Crippen LogP contribution >= 0.6 is 0 Å². The van der Waals surface area contributed by atoms with Gasteiger partial charge in [0.05, 0.1) is 10.6 Å². The zero-order chi connectivity index (χ0) is 10.7. The quantitative estimate of drug-likeness (QED) is 0.544. The van der Waals surface area contributed by atoms with Crippen molar-refractivity contribution in [3.8, 4) is 0 Å². The normalized spacial score (nSPS) is 12.1. The van der Waals surface area contributed by atoms with Crippen LogP contribution in [0.1, 0.15) is 19.5 Å². The Labute approximate surface area is 82.2 Å². The molecule has 1 aromatic heterocycles. The number of allylic oxidation sites excluding steroid dienone is 1. The van der Waals surface area contributed by atoms with Crippen LogP contribution in [0.3, 0.4) is 0 Å². The van der Waals surface area contributed by atoms with Crippen LogP contribution in [-0.4, -0.2) is 14.7 Å². The highest BCUT2D eigenvalue weighted by Crippen LogP contribution is 2.14. The zero-order valence-corrected chi connectivity index (χ0v) is 8.47. The fraction of sp³-hybridized carbons (Fsp3) is 0.444. The highest BCUT2D eigenvalue weighted by Gasteiger charge is 2.16. The third-order valence-electron chi connectivity index (χ3n) is 1.96. The van der Waals surface area contributed by atoms with E-state index in [1.54, 1.807) is 43.9 Å². The first-order chi connectivity index (χ1) is 6.52. The Bertz CT molecular complexity index is 366. The molecule has 0 N–H and O–H groups in total. The Balaban J connectivity index is 3.06. The Hall–Kier alpha value is -1.65. The van der Waals surface area contributed by atoms with Crippen molar-refractivity contribution in [2.45, 2.75) is 13.8 Å². The molecule has 0 bridgehead atoms. The molecule has 0 aliphatic carbocycles. The summed E-state index contributed by atoms with van der Waals surface area (Å²) in [6.45, 7) is 3.59. The SMILES string of the molecule is CC(C)/C(=C\c1ccnn1C)[N+](=O)[O-]. The van der Waals surface area contributed by atoms with E-state index in [9.17, 15) is 10.1 Å². The fourth-order valence-electron chi connectivity index (χ4n) is 1.11. The van der Waals surface area contributed by atoms with E-state index in [2.05, 4.69) is 5.10 Å². The summed E-state index contributed by atoms with van der Waals surface area (Å²) in [5.74, 6) is -0.0973. The standard InChI is InChI=1S/C9H13N3O2/c1-7(2)9(12(13)14)6-8-4-5-10-11(8)3/h4-7H,1-3H3/b9-6+. The fourth-order valence-corrected chi connectivity index (χ4v) is 1.11. The molecule has 1 heterocycles. The molecule has 0 radical (unpaired) electrons. The van der Waals surface area contributed by atoms with Gasteiger partial charge in [-0.2, -0.15) is 5.10 Å². The molecule has 0 aliphatic heterocycles. The Morgan fingerprint density at radius 3 is 2.71 bits per heavy atom. The van der Waals surface area contributed by atoms with Gasteiger partial charge in [0.1, 0.15) is 0 Å². The van der Waals surface area contributed by atoms with Crippen LogP contribution in [0.25, 0.3) is 6.08 Å². The Morgan fingerprint density at radius 1 is 1.71 bits per heavy atom. The third kappa shape index (κ3) is 2.18. The molecule has 14 heavy (non-hydrogen) atoms. The summed E-state index contributed by atoms with van der Waals surface area (Å²) in [5.41, 5.74) is 0.944. The summed E-state index contributed by atoms with van der Waals surface area (Å²) in [6.07, 6.45) is 3.17. The number of nitrogens with zero attached hydrogens (tertiary/aromatic N) is 3. The maximum atomic E-state index is 10.7. The van der Waals surface area contributed by atoms with Crippen LogP contribution in [0.2, 0.25) is 0 Å². The minimum Gasteiger partial charge on any atom is -0.268 e. The molecule has 0 unspecified atom stereocenters. The van der Waals surface area contributed by atoms with Crippen LogP contribution in [0.5, 0.6) is 0 Å². The van der Waals surface area contributed by atoms with Gasteiger partial charge in [-0.05, 0) is 6.07 Å². The molecule has 0 spiro atoms. The van der Waals surface area contributed by atoms with Crippen molar-refractivity contribution in [2.24, 2.45) is 13.0 Å². The molecule has 76 valence electrons. The van der Waals surface area contributed by atoms with Crippen molar-refractivity contribution < 1.29 is 4.92 Å². The van der Waals surface area contributed by atoms with Crippen LogP contribution in [-0.2, 0) is 7.05 Å². The first-order valence-electron chi connectivity index (χ1n) is 4.36. The van der Waals surface area contributed by atoms with Crippen molar-refractivity contribution in [1.82, 2.24) is 9.78 Å². The van der Waals surface area contributed by atoms with Crippen LogP contribution < -0.4 is 0 Å². The summed E-state index contributed by atoms with van der Waals surface area (Å²) in [7, 11) is 1.75. The number of aromatic nitrogens is 2. The topological polar surface area (TPSA) is 61.0 Å². The molecule has 1 rings (SSSR count). The van der Waals surface area contributed by atoms with Gasteiger partial charge < -0.3 is 0 Å². The van der Waals surface area contributed by atoms with E-state index in [0.29, 0.717) is 0 Å². The van der Waals surface area contributed by atoms with E-state index in [4.69, 9.17) is 0 Å². The molecule has 0 aromatic carbocycles. The number of hydrogen-bond donors (Lipinski definition) is 0. The second kappa shape index (κ2) is 4.04. The highest BCUT2D eigenvalue weighted by atomic mass is 16.6. The molecule has 0 saturated carbocycles. The zero-order valence-electron chi connectivity index (χ0n) is 8.47. The van der Waals surface area contributed by atoms with Gasteiger partial charge in [0.15, 0.2) is 0 Å². The van der Waals surface area contributed by atoms with Gasteiger partial charge >= 0.3 is 0 Å². The largest absolute Gasteiger partial charge is 0.268 e. The maximum Gasteiger partial charge on any atom is 0.250 e. The van der Waals surface area contributed by atoms with E-state index >= 15 is 0 Å². The molecule has 1 aromatic rings. The minimum absolute atomic E-state index is 0.0973. The lowest BCUT2D eigenvalue weighted by Gasteiger charge is -2.01. The number of aryl methyl sites for hydroxylation is 1. The van der Waals surface area contributed by atoms with Gasteiger partial charge in [0, 0.05) is 25.2 Å². The molecule has 0 amide bonds. The average molecular weight is 195 g/mol. The van der Waals surface area contributed by atoms with Crippen molar-refractivity contribution in [3.05, 3.63) is 33.8 Å². The van der Waals surface area contributed by atoms with Crippen molar-refractivity contribution in [2.75, 3.05) is 0 Å². The van der Waals surface area contributed by atoms with Gasteiger partial charge in [-0.25, -0.2) is 0 Å². The Morgan fingerprint density at radius 2 is 2.36 bits per heavy atom. The summed E-state index contributed by atoms with van der Waals surface area (Å²) in [4.78, 5) is 10.3. The van der Waals surface area contributed by atoms with Crippen molar-refractivity contribution >= 4 is 6.08 Å². The predicted molar refractivity (Wildman–Crippen MR) is 53.0 cm³/mol. The molecule has 0 atom stereocenters. The van der Waals surface area contributed by atoms with Crippen molar-refractivity contribution in [3.63, 3.8) is 0 Å². The monoisotopic (exact) mass is 195 g/mol. The molecule has 0 aliphatic rings. The second-order valence-electron chi connectivity index (χ2n) is 3.36. The smallest absolute Gasteiger partial charge is 0.250 e. The van der Waals surface area contributed by atoms with Gasteiger partial charge in [-0.1, -0.05) is 13.8 Å². The highest BCUT2D eigenvalue weighted by molar-refractivity contribution is 5.46. The van der Waals surface area contributed by atoms with Gasteiger partial charge in [0.2, 0.25) is 0 Å². The summed E-state index contributed by atoms with van der Waals surface area (Å²) in [6, 6.07) is 1.74. The first kappa shape index (κ1) is 10.4. The number of rotatable bonds is 3. The summed E-state index contributed by atoms with van der Waals surface area (Å²) in [5, 5.41) is 14.6. The van der Waals surface area contributed by atoms with E-state index in [1.807, 2.05) is 0 Å². The third-order valence-corrected chi connectivity index (χ3v) is 1.96. The van der Waals surface area contributed by atoms with Crippen LogP contribution in [0.4, 0.5) is 0 Å². The summed E-state index contributed by atoms with van der Waals surface area (Å²) >= 11 is 0. The molecule has 0 saturated heterocycles. The van der Waals surface area contributed by atoms with Gasteiger partial charge in [-0.15, -0.1) is 0 Å². The maximum absolute atomic E-state index is 10.7. The lowest BCUT2D eigenvalue weighted by molar-refractivity contribution is -0.431. The summed E-state index contributed by atoms with van der Waals surface area (Å²) < 4.78 is 1.60. The van der Waals surface area contributed by atoms with Gasteiger partial charge in [0.25, 0.3) is 5.70 Å². The lowest BCUT2D eigenvalue weighted by Crippen LogP contribution is -2.06. The van der Waals surface area contributed by atoms with E-state index in [1.165, 1.54) is 0 Å². The molecule has 0 fully saturated rings. The average Bonchev–Trinajstić information content (AvgIpc) is 2.46. The number of nitro groups is 1. The predicted octanol–water partition coefficient (Wildman–Crippen LogP) is 1.69. The van der Waals surface area contributed by atoms with E-state index < -0.39 is 0 Å². The molecule has 5 nitrogen and oxygen atoms in total. The Kier molecular flexibility index (Phi) is 3.01. The van der Waals surface area contributed by atoms with E-state index in [-0.39, 0.29) is 16.5 Å². The first-order valence-corrected chi connectivity index (χ1v) is 4.36.